The number of carbonyl (C=O) groups is 1. The molecule has 2 aliphatic rings. The van der Waals surface area contributed by atoms with Crippen molar-refractivity contribution in [1.29, 1.82) is 0 Å². The molecule has 0 unspecified atom stereocenters. The van der Waals surface area contributed by atoms with E-state index in [0.29, 0.717) is 18.9 Å². The minimum absolute atomic E-state index is 0.138. The van der Waals surface area contributed by atoms with Crippen LogP contribution < -0.4 is 15.5 Å². The zero-order valence-electron chi connectivity index (χ0n) is 21.9. The number of nitrogens with two attached hydrogens (primary N) is 1. The Kier molecular flexibility index (Phi) is 8.42. The molecular weight excluding hydrogens is 482 g/mol. The van der Waals surface area contributed by atoms with Gasteiger partial charge in [-0.05, 0) is 18.2 Å². The van der Waals surface area contributed by atoms with Crippen LogP contribution in [0.2, 0.25) is 0 Å². The molecule has 2 fully saturated rings. The maximum absolute atomic E-state index is 13.3. The van der Waals surface area contributed by atoms with E-state index < -0.39 is 0 Å². The zero-order chi connectivity index (χ0) is 26.3. The number of rotatable bonds is 9. The molecule has 2 aliphatic heterocycles. The molecule has 5 rings (SSSR count). The highest BCUT2D eigenvalue weighted by atomic mass is 16.5. The Morgan fingerprint density at radius 3 is 2.50 bits per heavy atom. The first-order valence-corrected chi connectivity index (χ1v) is 13.1. The van der Waals surface area contributed by atoms with Gasteiger partial charge in [0.1, 0.15) is 5.69 Å². The topological polar surface area (TPSA) is 110 Å². The van der Waals surface area contributed by atoms with Crippen molar-refractivity contribution in [3.8, 4) is 11.3 Å². The third kappa shape index (κ3) is 6.09. The number of carbonyl (C=O) groups excluding carboxylic acids is 1. The Labute approximate surface area is 223 Å². The lowest BCUT2D eigenvalue weighted by molar-refractivity contribution is 0.0988. The fraction of sp³-hybridized carbons (Fsp3) is 0.429. The molecule has 4 heterocycles. The van der Waals surface area contributed by atoms with Crippen LogP contribution in [0, 0.1) is 0 Å². The van der Waals surface area contributed by atoms with E-state index in [0.717, 1.165) is 69.2 Å². The van der Waals surface area contributed by atoms with Crippen molar-refractivity contribution >= 4 is 23.0 Å². The number of methoxy groups -OCH3 is 1. The Morgan fingerprint density at radius 1 is 1.00 bits per heavy atom. The molecule has 10 heteroatoms. The van der Waals surface area contributed by atoms with Crippen LogP contribution in [0.4, 0.5) is 17.2 Å². The van der Waals surface area contributed by atoms with Crippen LogP contribution >= 0.6 is 0 Å². The highest BCUT2D eigenvalue weighted by Crippen LogP contribution is 2.26. The quantitative estimate of drug-likeness (QED) is 0.424. The van der Waals surface area contributed by atoms with Gasteiger partial charge in [0.25, 0.3) is 0 Å². The first kappa shape index (κ1) is 26.0. The average Bonchev–Trinajstić information content (AvgIpc) is 2.97. The largest absolute Gasteiger partial charge is 0.383 e. The van der Waals surface area contributed by atoms with Crippen molar-refractivity contribution in [3.63, 3.8) is 0 Å². The minimum Gasteiger partial charge on any atom is -0.383 e. The van der Waals surface area contributed by atoms with E-state index in [1.165, 1.54) is 5.69 Å². The molecule has 0 spiro atoms. The maximum Gasteiger partial charge on any atom is 0.189 e. The van der Waals surface area contributed by atoms with Gasteiger partial charge in [-0.15, -0.1) is 0 Å². The van der Waals surface area contributed by atoms with Crippen molar-refractivity contribution in [1.82, 2.24) is 19.9 Å². The van der Waals surface area contributed by atoms with Crippen molar-refractivity contribution in [2.75, 3.05) is 88.3 Å². The summed E-state index contributed by atoms with van der Waals surface area (Å²) in [7, 11) is 1.74. The molecule has 10 nitrogen and oxygen atoms in total. The number of aromatic nitrogens is 3. The third-order valence-corrected chi connectivity index (χ3v) is 7.16. The highest BCUT2D eigenvalue weighted by Gasteiger charge is 2.21. The summed E-state index contributed by atoms with van der Waals surface area (Å²) in [6.07, 6.45) is 5.27. The van der Waals surface area contributed by atoms with Crippen LogP contribution in [-0.4, -0.2) is 98.4 Å². The van der Waals surface area contributed by atoms with E-state index >= 15 is 0 Å². The fourth-order valence-electron chi connectivity index (χ4n) is 4.96. The molecule has 3 aromatic rings. The second kappa shape index (κ2) is 12.3. The number of benzene rings is 1. The Hall–Kier alpha value is -3.60. The predicted octanol–water partition coefficient (Wildman–Crippen LogP) is 2.15. The van der Waals surface area contributed by atoms with Gasteiger partial charge >= 0.3 is 0 Å². The number of pyridine rings is 1. The molecule has 0 atom stereocenters. The van der Waals surface area contributed by atoms with Crippen molar-refractivity contribution in [2.24, 2.45) is 0 Å². The van der Waals surface area contributed by atoms with Crippen LogP contribution in [0.5, 0.6) is 0 Å². The summed E-state index contributed by atoms with van der Waals surface area (Å²) in [4.78, 5) is 33.6. The molecule has 0 aliphatic carbocycles. The Morgan fingerprint density at radius 2 is 1.76 bits per heavy atom. The number of morpholine rings is 1. The van der Waals surface area contributed by atoms with Crippen LogP contribution in [0.25, 0.3) is 11.3 Å². The number of ketones is 1. The third-order valence-electron chi connectivity index (χ3n) is 7.16. The average molecular weight is 518 g/mol. The van der Waals surface area contributed by atoms with E-state index in [9.17, 15) is 4.79 Å². The Balaban J connectivity index is 1.28. The lowest BCUT2D eigenvalue weighted by Gasteiger charge is -2.36. The smallest absolute Gasteiger partial charge is 0.189 e. The number of piperazine rings is 1. The van der Waals surface area contributed by atoms with Gasteiger partial charge < -0.3 is 25.0 Å². The molecule has 2 N–H and O–H groups in total. The summed E-state index contributed by atoms with van der Waals surface area (Å²) in [5, 5.41) is 0. The van der Waals surface area contributed by atoms with E-state index in [-0.39, 0.29) is 23.7 Å². The van der Waals surface area contributed by atoms with Gasteiger partial charge in [-0.25, -0.2) is 9.97 Å². The second-order valence-corrected chi connectivity index (χ2v) is 9.56. The van der Waals surface area contributed by atoms with Gasteiger partial charge in [0.05, 0.1) is 31.7 Å². The second-order valence-electron chi connectivity index (χ2n) is 9.56. The molecule has 1 aromatic carbocycles. The standard InChI is InChI=1S/C28H35N7O3/c1-37-15-12-33-8-10-34(11-9-33)23-4-2-21(3-5-23)24-20-31-28(29)27(32-24)26(36)18-22-19-30-7-6-25(22)35-13-16-38-17-14-35/h2-7,19-20H,8-18H2,1H3,(H2,29,31). The normalized spacial score (nSPS) is 16.6. The maximum atomic E-state index is 13.3. The number of anilines is 3. The lowest BCUT2D eigenvalue weighted by atomic mass is 10.1. The zero-order valence-corrected chi connectivity index (χ0v) is 21.9. The highest BCUT2D eigenvalue weighted by molar-refractivity contribution is 6.00. The number of Topliss-reactive ketones (excluding diaryl/α,β-unsaturated/α-hetero) is 1. The van der Waals surface area contributed by atoms with Crippen molar-refractivity contribution in [3.05, 3.63) is 60.2 Å². The van der Waals surface area contributed by atoms with Gasteiger partial charge in [-0.2, -0.15) is 0 Å². The number of hydrogen-bond acceptors (Lipinski definition) is 10. The molecule has 0 radical (unpaired) electrons. The van der Waals surface area contributed by atoms with Gasteiger partial charge in [0.15, 0.2) is 11.6 Å². The van der Waals surface area contributed by atoms with Gasteiger partial charge in [-0.3, -0.25) is 14.7 Å². The van der Waals surface area contributed by atoms with Crippen LogP contribution in [-0.2, 0) is 15.9 Å². The fourth-order valence-corrected chi connectivity index (χ4v) is 4.96. The van der Waals surface area contributed by atoms with E-state index in [1.54, 1.807) is 25.7 Å². The molecule has 0 saturated carbocycles. The monoisotopic (exact) mass is 517 g/mol. The number of hydrogen-bond donors (Lipinski definition) is 1. The summed E-state index contributed by atoms with van der Waals surface area (Å²) in [6.45, 7) is 8.61. The number of ether oxygens (including phenoxy) is 2. The Bertz CT molecular complexity index is 1220. The molecule has 0 amide bonds. The first-order chi connectivity index (χ1) is 18.6. The number of nitrogen functional groups attached to an aromatic ring is 1. The number of nitrogens with zero attached hydrogens (tertiary/aromatic N) is 6. The predicted molar refractivity (Wildman–Crippen MR) is 148 cm³/mol. The minimum atomic E-state index is -0.178. The summed E-state index contributed by atoms with van der Waals surface area (Å²) in [6, 6.07) is 10.2. The molecule has 0 bridgehead atoms. The molecular formula is C28H35N7O3. The molecule has 2 saturated heterocycles. The summed E-state index contributed by atoms with van der Waals surface area (Å²) in [5.74, 6) is -0.0409. The van der Waals surface area contributed by atoms with Crippen LogP contribution in [0.1, 0.15) is 16.1 Å². The van der Waals surface area contributed by atoms with Crippen LogP contribution in [0.3, 0.4) is 0 Å². The van der Waals surface area contributed by atoms with Gasteiger partial charge in [-0.1, -0.05) is 12.1 Å². The first-order valence-electron chi connectivity index (χ1n) is 13.1. The summed E-state index contributed by atoms with van der Waals surface area (Å²) in [5.41, 5.74) is 10.8. The van der Waals surface area contributed by atoms with E-state index in [4.69, 9.17) is 15.2 Å². The van der Waals surface area contributed by atoms with Crippen molar-refractivity contribution < 1.29 is 14.3 Å². The SMILES string of the molecule is COCCN1CCN(c2ccc(-c3cnc(N)c(C(=O)Cc4cnccc4N4CCOCC4)n3)cc2)CC1. The molecule has 200 valence electrons. The lowest BCUT2D eigenvalue weighted by Crippen LogP contribution is -2.47. The van der Waals surface area contributed by atoms with E-state index in [2.05, 4.69) is 41.8 Å². The van der Waals surface area contributed by atoms with Gasteiger partial charge in [0.2, 0.25) is 0 Å². The van der Waals surface area contributed by atoms with E-state index in [1.807, 2.05) is 18.2 Å². The van der Waals surface area contributed by atoms with Crippen LogP contribution in [0.15, 0.2) is 48.9 Å². The van der Waals surface area contributed by atoms with Crippen molar-refractivity contribution in [2.45, 2.75) is 6.42 Å². The summed E-state index contributed by atoms with van der Waals surface area (Å²) < 4.78 is 10.7. The summed E-state index contributed by atoms with van der Waals surface area (Å²) >= 11 is 0. The van der Waals surface area contributed by atoms with Gasteiger partial charge in [0, 0.05) is 94.2 Å². The molecule has 2 aromatic heterocycles. The molecule has 38 heavy (non-hydrogen) atoms.